The number of aromatic nitrogens is 6. The Hall–Kier alpha value is -13.7. The summed E-state index contributed by atoms with van der Waals surface area (Å²) in [6, 6.07) is 66.2. The SMILES string of the molecule is CN(C)c1ccc(C2=NC(=O)c3c(-c4ccc(N(C)C)cc4)[nH]c(O)c32)cc1.O=C1N=C(c2ccc(-c3ccccc3)cc2)c2c(O)[nH]c(-c3ccc(-c4ccccc4)cc3)c21.O=C1N=C(c2cccs2)c2c(O)[nH]c(-c3cccs3)c21.O=C1N=C(c2ccncc2)c2c(O)[nH]c(-c3ccncc3)c21. The number of amides is 4. The van der Waals surface area contributed by atoms with Gasteiger partial charge in [-0.3, -0.25) is 29.1 Å². The zero-order chi connectivity index (χ0) is 71.9. The Bertz CT molecular complexity index is 5740. The Morgan fingerprint density at radius 1 is 0.279 bits per heavy atom. The summed E-state index contributed by atoms with van der Waals surface area (Å²) in [7, 11) is 7.88. The molecule has 0 radical (unpaired) electrons. The standard InChI is InChI=1S/C30H20N2O2.C22H22N4O2.C16H10N4O2.C14H8N2O2S2/c33-29-25-26(28(32-29)24-17-13-22(14-18-24)20-9-5-2-6-10-20)30(34)31-27(25)23-15-11-21(12-16-23)19-7-3-1-4-8-19;1-25(2)15-9-5-13(6-10-15)19-17-18(22(28)23-19)20(24-21(17)27)14-7-11-16(12-8-14)26(3)4;21-15-11-12(14(20-15)10-3-7-18-8-4-10)16(22)19-13(11)9-1-5-17-6-2-9;17-13-9-10(12(16-13)8-4-2-6-20-8)14(18)15-11(9)7-3-1-5-19-7/h1-18,31,34H;5-12,23,28H,1-4H3;1-8,19,22H;1-6,15,18H. The van der Waals surface area contributed by atoms with Gasteiger partial charge in [0.25, 0.3) is 23.6 Å². The number of anilines is 2. The van der Waals surface area contributed by atoms with Gasteiger partial charge in [0.05, 0.1) is 99.9 Å². The van der Waals surface area contributed by atoms with Crippen LogP contribution in [-0.2, 0) is 0 Å². The van der Waals surface area contributed by atoms with Gasteiger partial charge in [-0.05, 0) is 105 Å². The van der Waals surface area contributed by atoms with Crippen molar-refractivity contribution < 1.29 is 39.6 Å². The van der Waals surface area contributed by atoms with Crippen LogP contribution in [0.4, 0.5) is 11.4 Å². The van der Waals surface area contributed by atoms with Crippen LogP contribution in [0.5, 0.6) is 23.5 Å². The van der Waals surface area contributed by atoms with Crippen molar-refractivity contribution in [2.45, 2.75) is 0 Å². The van der Waals surface area contributed by atoms with Crippen molar-refractivity contribution in [1.29, 1.82) is 0 Å². The monoisotopic (exact) mass is 1400 g/mol. The molecule has 0 spiro atoms. The minimum atomic E-state index is -0.370. The Balaban J connectivity index is 0.000000114. The number of carbonyl (C=O) groups excluding carboxylic acids is 4. The van der Waals surface area contributed by atoms with Crippen molar-refractivity contribution in [3.05, 3.63) is 308 Å². The Kier molecular flexibility index (Phi) is 17.7. The third-order valence-electron chi connectivity index (χ3n) is 17.9. The molecule has 0 atom stereocenters. The number of fused-ring (bicyclic) bond motifs is 4. The molecule has 0 bridgehead atoms. The molecule has 18 rings (SSSR count). The predicted octanol–water partition coefficient (Wildman–Crippen LogP) is 15.9. The molecule has 4 aliphatic rings. The molecule has 0 aliphatic carbocycles. The van der Waals surface area contributed by atoms with Gasteiger partial charge in [0.15, 0.2) is 23.5 Å². The molecule has 6 aromatic carbocycles. The van der Waals surface area contributed by atoms with Gasteiger partial charge in [-0.1, -0.05) is 146 Å². The molecule has 0 saturated heterocycles. The number of aromatic amines is 4. The van der Waals surface area contributed by atoms with Crippen LogP contribution in [0, 0.1) is 0 Å². The zero-order valence-corrected chi connectivity index (χ0v) is 57.5. The molecule has 0 unspecified atom stereocenters. The van der Waals surface area contributed by atoms with Crippen LogP contribution in [0.2, 0.25) is 0 Å². The lowest BCUT2D eigenvalue weighted by molar-refractivity contribution is 0.0998. The normalized spacial score (nSPS) is 12.9. The van der Waals surface area contributed by atoms with E-state index in [1.807, 2.05) is 206 Å². The number of pyridine rings is 2. The van der Waals surface area contributed by atoms with Gasteiger partial charge in [0.2, 0.25) is 0 Å². The Labute approximate surface area is 602 Å². The molecule has 104 heavy (non-hydrogen) atoms. The van der Waals surface area contributed by atoms with E-state index in [0.29, 0.717) is 90.1 Å². The highest BCUT2D eigenvalue weighted by Gasteiger charge is 2.38. The van der Waals surface area contributed by atoms with Gasteiger partial charge < -0.3 is 50.2 Å². The minimum Gasteiger partial charge on any atom is -0.494 e. The summed E-state index contributed by atoms with van der Waals surface area (Å²) in [5, 5.41) is 45.5. The molecule has 0 fully saturated rings. The molecular formula is C82H60N12O8S2. The van der Waals surface area contributed by atoms with Crippen molar-refractivity contribution in [1.82, 2.24) is 29.9 Å². The molecule has 12 heterocycles. The van der Waals surface area contributed by atoms with E-state index in [1.165, 1.54) is 22.7 Å². The van der Waals surface area contributed by atoms with Gasteiger partial charge in [-0.15, -0.1) is 22.7 Å². The zero-order valence-electron chi connectivity index (χ0n) is 55.9. The maximum Gasteiger partial charge on any atom is 0.280 e. The minimum absolute atomic E-state index is 0.00130. The highest BCUT2D eigenvalue weighted by Crippen LogP contribution is 2.44. The summed E-state index contributed by atoms with van der Waals surface area (Å²) in [5.74, 6) is -1.52. The molecule has 0 saturated carbocycles. The summed E-state index contributed by atoms with van der Waals surface area (Å²) in [6.07, 6.45) is 6.49. The van der Waals surface area contributed by atoms with Crippen molar-refractivity contribution in [3.8, 4) is 90.1 Å². The lowest BCUT2D eigenvalue weighted by Crippen LogP contribution is -2.09. The largest absolute Gasteiger partial charge is 0.494 e. The predicted molar refractivity (Wildman–Crippen MR) is 408 cm³/mol. The van der Waals surface area contributed by atoms with E-state index in [1.54, 1.807) is 49.1 Å². The maximum absolute atomic E-state index is 12.9. The summed E-state index contributed by atoms with van der Waals surface area (Å²) in [4.78, 5) is 92.3. The number of hydrogen-bond donors (Lipinski definition) is 8. The second-order valence-corrected chi connectivity index (χ2v) is 26.5. The van der Waals surface area contributed by atoms with E-state index >= 15 is 0 Å². The molecule has 4 aliphatic heterocycles. The number of benzene rings is 6. The number of carbonyl (C=O) groups is 4. The first-order valence-electron chi connectivity index (χ1n) is 32.7. The second kappa shape index (κ2) is 27.8. The molecule has 20 nitrogen and oxygen atoms in total. The molecule has 8 N–H and O–H groups in total. The quantitative estimate of drug-likeness (QED) is 0.0567. The number of thiophene rings is 2. The lowest BCUT2D eigenvalue weighted by Gasteiger charge is -2.12. The molecule has 22 heteroatoms. The van der Waals surface area contributed by atoms with Crippen molar-refractivity contribution in [2.75, 3.05) is 38.0 Å². The average molecular weight is 1410 g/mol. The number of hydrogen-bond acceptors (Lipinski definition) is 14. The van der Waals surface area contributed by atoms with Crippen LogP contribution in [0.1, 0.15) is 85.3 Å². The van der Waals surface area contributed by atoms with Gasteiger partial charge in [0.1, 0.15) is 0 Å². The molecule has 4 amide bonds. The summed E-state index contributed by atoms with van der Waals surface area (Å²) in [5.41, 5.74) is 19.1. The van der Waals surface area contributed by atoms with Crippen molar-refractivity contribution >= 4 is 80.5 Å². The summed E-state index contributed by atoms with van der Waals surface area (Å²) >= 11 is 3.01. The van der Waals surface area contributed by atoms with E-state index in [4.69, 9.17) is 0 Å². The van der Waals surface area contributed by atoms with Gasteiger partial charge in [0, 0.05) is 86.6 Å². The number of nitrogens with one attached hydrogen (secondary N) is 4. The first-order chi connectivity index (χ1) is 50.6. The summed E-state index contributed by atoms with van der Waals surface area (Å²) < 4.78 is 0. The highest BCUT2D eigenvalue weighted by atomic mass is 32.1. The van der Waals surface area contributed by atoms with E-state index in [2.05, 4.69) is 74.1 Å². The Morgan fingerprint density at radius 2 is 0.558 bits per heavy atom. The van der Waals surface area contributed by atoms with Crippen molar-refractivity contribution in [2.24, 2.45) is 20.0 Å². The van der Waals surface area contributed by atoms with E-state index in [9.17, 15) is 39.6 Å². The van der Waals surface area contributed by atoms with E-state index in [0.717, 1.165) is 76.8 Å². The average Bonchev–Trinajstić information content (AvgIpc) is 1.59. The van der Waals surface area contributed by atoms with Gasteiger partial charge >= 0.3 is 0 Å². The van der Waals surface area contributed by atoms with Crippen LogP contribution < -0.4 is 9.80 Å². The summed E-state index contributed by atoms with van der Waals surface area (Å²) in [6.45, 7) is 0. The first-order valence-corrected chi connectivity index (χ1v) is 34.4. The fourth-order valence-corrected chi connectivity index (χ4v) is 14.3. The van der Waals surface area contributed by atoms with E-state index < -0.39 is 0 Å². The van der Waals surface area contributed by atoms with Crippen LogP contribution >= 0.6 is 22.7 Å². The topological polar surface area (TPSA) is 294 Å². The van der Waals surface area contributed by atoms with Crippen LogP contribution in [-0.4, -0.2) is 125 Å². The van der Waals surface area contributed by atoms with Crippen LogP contribution in [0.15, 0.2) is 262 Å². The number of rotatable bonds is 12. The first kappa shape index (κ1) is 66.2. The van der Waals surface area contributed by atoms with Gasteiger partial charge in [-0.2, -0.15) is 0 Å². The Morgan fingerprint density at radius 3 is 0.933 bits per heavy atom. The van der Waals surface area contributed by atoms with Crippen molar-refractivity contribution in [3.63, 3.8) is 0 Å². The number of nitrogens with zero attached hydrogens (tertiary/aromatic N) is 8. The third-order valence-corrected chi connectivity index (χ3v) is 19.7. The number of aliphatic imine (C=N–C) groups is 4. The van der Waals surface area contributed by atoms with Crippen LogP contribution in [0.3, 0.4) is 0 Å². The molecular weight excluding hydrogens is 1350 g/mol. The van der Waals surface area contributed by atoms with E-state index in [-0.39, 0.29) is 47.1 Å². The number of aromatic hydroxyl groups is 4. The van der Waals surface area contributed by atoms with Gasteiger partial charge in [-0.25, -0.2) is 20.0 Å². The fraction of sp³-hybridized carbons (Fsp3) is 0.0488. The second-order valence-electron chi connectivity index (χ2n) is 24.7. The van der Waals surface area contributed by atoms with Crippen LogP contribution in [0.25, 0.3) is 66.6 Å². The maximum atomic E-state index is 12.9. The molecule has 8 aromatic heterocycles. The smallest absolute Gasteiger partial charge is 0.280 e. The number of H-pyrrole nitrogens is 4. The fourth-order valence-electron chi connectivity index (χ4n) is 12.8. The molecule has 14 aromatic rings. The third kappa shape index (κ3) is 12.5. The molecule has 508 valence electrons. The highest BCUT2D eigenvalue weighted by molar-refractivity contribution is 7.13. The lowest BCUT2D eigenvalue weighted by atomic mass is 9.97.